The van der Waals surface area contributed by atoms with Crippen molar-refractivity contribution < 1.29 is 4.79 Å². The van der Waals surface area contributed by atoms with Gasteiger partial charge in [0.25, 0.3) is 5.91 Å². The molecule has 0 fully saturated rings. The molecule has 102 valence electrons. The van der Waals surface area contributed by atoms with Crippen LogP contribution in [0.5, 0.6) is 0 Å². The molecule has 0 radical (unpaired) electrons. The van der Waals surface area contributed by atoms with Crippen LogP contribution in [0.4, 0.5) is 11.4 Å². The topological polar surface area (TPSA) is 45.2 Å². The molecule has 1 aliphatic heterocycles. The molecular formula is C16H17N3O. The van der Waals surface area contributed by atoms with Gasteiger partial charge in [0.1, 0.15) is 0 Å². The maximum atomic E-state index is 12.1. The fraction of sp³-hybridized carbons (Fsp3) is 0.250. The molecule has 0 saturated heterocycles. The summed E-state index contributed by atoms with van der Waals surface area (Å²) in [5.41, 5.74) is 3.97. The lowest BCUT2D eigenvalue weighted by Gasteiger charge is -2.27. The molecule has 1 aromatic heterocycles. The first-order valence-electron chi connectivity index (χ1n) is 6.79. The fourth-order valence-electron chi connectivity index (χ4n) is 2.56. The van der Waals surface area contributed by atoms with Crippen LogP contribution < -0.4 is 10.2 Å². The van der Waals surface area contributed by atoms with E-state index < -0.39 is 0 Å². The molecule has 3 rings (SSSR count). The van der Waals surface area contributed by atoms with E-state index in [1.807, 2.05) is 6.07 Å². The van der Waals surface area contributed by atoms with E-state index >= 15 is 0 Å². The Balaban J connectivity index is 1.80. The number of rotatable bonds is 2. The van der Waals surface area contributed by atoms with E-state index in [9.17, 15) is 4.79 Å². The molecule has 20 heavy (non-hydrogen) atoms. The van der Waals surface area contributed by atoms with Crippen molar-refractivity contribution >= 4 is 17.3 Å². The molecule has 4 heteroatoms. The Hall–Kier alpha value is -2.36. The van der Waals surface area contributed by atoms with Crippen molar-refractivity contribution in [2.24, 2.45) is 0 Å². The van der Waals surface area contributed by atoms with Crippen molar-refractivity contribution in [3.8, 4) is 0 Å². The second-order valence-corrected chi connectivity index (χ2v) is 5.06. The van der Waals surface area contributed by atoms with Gasteiger partial charge in [-0.1, -0.05) is 0 Å². The first kappa shape index (κ1) is 12.7. The van der Waals surface area contributed by atoms with Crippen LogP contribution in [0.25, 0.3) is 0 Å². The zero-order valence-electron chi connectivity index (χ0n) is 11.5. The van der Waals surface area contributed by atoms with Crippen molar-refractivity contribution in [1.82, 2.24) is 4.98 Å². The van der Waals surface area contributed by atoms with Gasteiger partial charge in [0.2, 0.25) is 0 Å². The molecule has 0 atom stereocenters. The Bertz CT molecular complexity index is 625. The molecule has 0 spiro atoms. The molecule has 2 aromatic rings. The highest BCUT2D eigenvalue weighted by Gasteiger charge is 2.14. The van der Waals surface area contributed by atoms with Crippen molar-refractivity contribution in [1.29, 1.82) is 0 Å². The molecule has 4 nitrogen and oxygen atoms in total. The summed E-state index contributed by atoms with van der Waals surface area (Å²) in [6.45, 7) is 1.09. The molecular weight excluding hydrogens is 250 g/mol. The summed E-state index contributed by atoms with van der Waals surface area (Å²) in [7, 11) is 2.10. The summed E-state index contributed by atoms with van der Waals surface area (Å²) in [4.78, 5) is 18.3. The Morgan fingerprint density at radius 1 is 1.35 bits per heavy atom. The molecule has 1 N–H and O–H groups in total. The number of anilines is 2. The Morgan fingerprint density at radius 3 is 3.05 bits per heavy atom. The molecule has 1 aliphatic rings. The molecule has 1 aromatic carbocycles. The number of fused-ring (bicyclic) bond motifs is 1. The van der Waals surface area contributed by atoms with Gasteiger partial charge in [0.05, 0.1) is 5.56 Å². The van der Waals surface area contributed by atoms with Crippen molar-refractivity contribution in [3.05, 3.63) is 53.9 Å². The number of amides is 1. The summed E-state index contributed by atoms with van der Waals surface area (Å²) < 4.78 is 0. The maximum Gasteiger partial charge on any atom is 0.257 e. The largest absolute Gasteiger partial charge is 0.374 e. The number of benzene rings is 1. The lowest BCUT2D eigenvalue weighted by Crippen LogP contribution is -2.24. The smallest absolute Gasteiger partial charge is 0.257 e. The van der Waals surface area contributed by atoms with Gasteiger partial charge in [-0.2, -0.15) is 0 Å². The first-order valence-corrected chi connectivity index (χ1v) is 6.79. The Labute approximate surface area is 118 Å². The highest BCUT2D eigenvalue weighted by molar-refractivity contribution is 6.04. The van der Waals surface area contributed by atoms with Gasteiger partial charge in [-0.3, -0.25) is 9.78 Å². The monoisotopic (exact) mass is 267 g/mol. The van der Waals surface area contributed by atoms with Crippen LogP contribution in [0, 0.1) is 0 Å². The van der Waals surface area contributed by atoms with Gasteiger partial charge in [-0.15, -0.1) is 0 Å². The predicted molar refractivity (Wildman–Crippen MR) is 80.2 cm³/mol. The van der Waals surface area contributed by atoms with E-state index in [2.05, 4.69) is 34.4 Å². The molecule has 0 unspecified atom stereocenters. The van der Waals surface area contributed by atoms with Crippen LogP contribution >= 0.6 is 0 Å². The fourth-order valence-corrected chi connectivity index (χ4v) is 2.56. The van der Waals surface area contributed by atoms with E-state index in [-0.39, 0.29) is 5.91 Å². The zero-order chi connectivity index (χ0) is 13.9. The third kappa shape index (κ3) is 2.50. The lowest BCUT2D eigenvalue weighted by molar-refractivity contribution is 0.102. The highest BCUT2D eigenvalue weighted by atomic mass is 16.1. The van der Waals surface area contributed by atoms with Crippen LogP contribution in [-0.2, 0) is 6.42 Å². The normalized spacial score (nSPS) is 13.8. The molecule has 1 amide bonds. The zero-order valence-corrected chi connectivity index (χ0v) is 11.5. The average molecular weight is 267 g/mol. The number of aryl methyl sites for hydroxylation is 1. The van der Waals surface area contributed by atoms with E-state index in [1.165, 1.54) is 11.3 Å². The molecule has 2 heterocycles. The van der Waals surface area contributed by atoms with E-state index in [0.29, 0.717) is 5.56 Å². The van der Waals surface area contributed by atoms with Gasteiger partial charge in [0, 0.05) is 37.4 Å². The first-order chi connectivity index (χ1) is 9.74. The van der Waals surface area contributed by atoms with Gasteiger partial charge in [0.15, 0.2) is 0 Å². The SMILES string of the molecule is CN1CCCc2cc(NC(=O)c3cccnc3)ccc21. The summed E-state index contributed by atoms with van der Waals surface area (Å²) >= 11 is 0. The molecule has 0 saturated carbocycles. The van der Waals surface area contributed by atoms with E-state index in [1.54, 1.807) is 24.5 Å². The Kier molecular flexibility index (Phi) is 3.37. The summed E-state index contributed by atoms with van der Waals surface area (Å²) in [5.74, 6) is -0.123. The summed E-state index contributed by atoms with van der Waals surface area (Å²) in [6, 6.07) is 9.62. The standard InChI is InChI=1S/C16H17N3O/c1-19-9-3-5-12-10-14(6-7-15(12)19)18-16(20)13-4-2-8-17-11-13/h2,4,6-8,10-11H,3,5,9H2,1H3,(H,18,20). The summed E-state index contributed by atoms with van der Waals surface area (Å²) in [6.07, 6.45) is 5.45. The van der Waals surface area contributed by atoms with Gasteiger partial charge in [-0.05, 0) is 48.7 Å². The lowest BCUT2D eigenvalue weighted by atomic mass is 10.0. The van der Waals surface area contributed by atoms with Crippen molar-refractivity contribution in [2.75, 3.05) is 23.8 Å². The van der Waals surface area contributed by atoms with E-state index in [4.69, 9.17) is 0 Å². The third-order valence-corrected chi connectivity index (χ3v) is 3.61. The van der Waals surface area contributed by atoms with Gasteiger partial charge < -0.3 is 10.2 Å². The van der Waals surface area contributed by atoms with Gasteiger partial charge in [-0.25, -0.2) is 0 Å². The number of aromatic nitrogens is 1. The minimum absolute atomic E-state index is 0.123. The second-order valence-electron chi connectivity index (χ2n) is 5.06. The Morgan fingerprint density at radius 2 is 2.25 bits per heavy atom. The minimum atomic E-state index is -0.123. The number of carbonyl (C=O) groups is 1. The van der Waals surface area contributed by atoms with Crippen LogP contribution in [0.1, 0.15) is 22.3 Å². The number of carbonyl (C=O) groups excluding carboxylic acids is 1. The highest BCUT2D eigenvalue weighted by Crippen LogP contribution is 2.28. The van der Waals surface area contributed by atoms with Crippen LogP contribution in [0.2, 0.25) is 0 Å². The van der Waals surface area contributed by atoms with E-state index in [0.717, 1.165) is 25.1 Å². The number of hydrogen-bond donors (Lipinski definition) is 1. The molecule has 0 bridgehead atoms. The van der Waals surface area contributed by atoms with Crippen LogP contribution in [0.3, 0.4) is 0 Å². The van der Waals surface area contributed by atoms with Crippen molar-refractivity contribution in [2.45, 2.75) is 12.8 Å². The summed E-state index contributed by atoms with van der Waals surface area (Å²) in [5, 5.41) is 2.93. The number of nitrogens with one attached hydrogen (secondary N) is 1. The predicted octanol–water partition coefficient (Wildman–Crippen LogP) is 2.72. The minimum Gasteiger partial charge on any atom is -0.374 e. The molecule has 0 aliphatic carbocycles. The second kappa shape index (κ2) is 5.33. The number of hydrogen-bond acceptors (Lipinski definition) is 3. The van der Waals surface area contributed by atoms with Crippen molar-refractivity contribution in [3.63, 3.8) is 0 Å². The van der Waals surface area contributed by atoms with Crippen LogP contribution in [-0.4, -0.2) is 24.5 Å². The quantitative estimate of drug-likeness (QED) is 0.910. The maximum absolute atomic E-state index is 12.1. The average Bonchev–Trinajstić information content (AvgIpc) is 2.48. The number of nitrogens with zero attached hydrogens (tertiary/aromatic N) is 2. The van der Waals surface area contributed by atoms with Gasteiger partial charge >= 0.3 is 0 Å². The van der Waals surface area contributed by atoms with Crippen LogP contribution in [0.15, 0.2) is 42.7 Å². The third-order valence-electron chi connectivity index (χ3n) is 3.61. The number of pyridine rings is 1.